The van der Waals surface area contributed by atoms with E-state index in [4.69, 9.17) is 5.11 Å². The highest BCUT2D eigenvalue weighted by atomic mass is 32.2. The molecule has 0 saturated carbocycles. The summed E-state index contributed by atoms with van der Waals surface area (Å²) in [5, 5.41) is 19.5. The second-order valence-electron chi connectivity index (χ2n) is 6.72. The van der Waals surface area contributed by atoms with Crippen molar-refractivity contribution >= 4 is 16.8 Å². The van der Waals surface area contributed by atoms with E-state index in [0.717, 1.165) is 70.6 Å². The molecular weight excluding hydrogens is 366 g/mol. The highest BCUT2D eigenvalue weighted by molar-refractivity contribution is 7.85. The van der Waals surface area contributed by atoms with E-state index in [1.807, 2.05) is 12.2 Å². The van der Waals surface area contributed by atoms with Crippen molar-refractivity contribution in [2.75, 3.05) is 11.5 Å². The second-order valence-corrected chi connectivity index (χ2v) is 8.29. The average molecular weight is 402 g/mol. The molecule has 0 aliphatic rings. The second kappa shape index (κ2) is 17.9. The van der Waals surface area contributed by atoms with Gasteiger partial charge in [0.15, 0.2) is 0 Å². The molecule has 0 aromatic rings. The minimum atomic E-state index is -1.24. The summed E-state index contributed by atoms with van der Waals surface area (Å²) in [5.41, 5.74) is 0.294. The number of allylic oxidation sites excluding steroid dienone is 3. The Kier molecular flexibility index (Phi) is 16.9. The Morgan fingerprint density at radius 2 is 1.63 bits per heavy atom. The molecule has 1 unspecified atom stereocenters. The third-order valence-electron chi connectivity index (χ3n) is 4.19. The van der Waals surface area contributed by atoms with E-state index in [-0.39, 0.29) is 10.7 Å². The van der Waals surface area contributed by atoms with Gasteiger partial charge >= 0.3 is 5.97 Å². The van der Waals surface area contributed by atoms with Gasteiger partial charge in [-0.15, -0.1) is 0 Å². The zero-order valence-electron chi connectivity index (χ0n) is 16.6. The summed E-state index contributed by atoms with van der Waals surface area (Å²) in [6.07, 6.45) is 17.2. The van der Waals surface area contributed by atoms with Gasteiger partial charge in [0.2, 0.25) is 5.70 Å². The van der Waals surface area contributed by atoms with Crippen molar-refractivity contribution in [2.45, 2.75) is 84.0 Å². The lowest BCUT2D eigenvalue weighted by Gasteiger charge is -2.01. The van der Waals surface area contributed by atoms with Crippen LogP contribution in [0.25, 0.3) is 0 Å². The molecule has 156 valence electrons. The van der Waals surface area contributed by atoms with Crippen molar-refractivity contribution in [2.24, 2.45) is 0 Å². The quantitative estimate of drug-likeness (QED) is 0.147. The number of nitrogens with zero attached hydrogens (tertiary/aromatic N) is 1. The van der Waals surface area contributed by atoms with Gasteiger partial charge in [-0.2, -0.15) is 0 Å². The van der Waals surface area contributed by atoms with Gasteiger partial charge in [0.25, 0.3) is 0 Å². The molecule has 1 atom stereocenters. The summed E-state index contributed by atoms with van der Waals surface area (Å²) in [4.78, 5) is 21.1. The number of hydrogen-bond donors (Lipinski definition) is 1. The molecule has 0 saturated heterocycles. The molecule has 0 bridgehead atoms. The Morgan fingerprint density at radius 3 is 2.26 bits per heavy atom. The zero-order valence-corrected chi connectivity index (χ0v) is 17.4. The Labute approximate surface area is 165 Å². The minimum absolute atomic E-state index is 0.252. The van der Waals surface area contributed by atoms with Crippen LogP contribution in [0.3, 0.4) is 0 Å². The molecule has 0 aromatic heterocycles. The van der Waals surface area contributed by atoms with E-state index in [1.165, 1.54) is 0 Å². The van der Waals surface area contributed by atoms with Gasteiger partial charge in [-0.1, -0.05) is 57.6 Å². The number of unbranched alkanes of at least 4 members (excludes halogenated alkanes) is 9. The van der Waals surface area contributed by atoms with Gasteiger partial charge in [0.05, 0.1) is 11.3 Å². The van der Waals surface area contributed by atoms with Crippen LogP contribution in [0.2, 0.25) is 0 Å². The predicted molar refractivity (Wildman–Crippen MR) is 111 cm³/mol. The molecule has 0 aromatic carbocycles. The van der Waals surface area contributed by atoms with Gasteiger partial charge in [0.1, 0.15) is 5.75 Å². The molecule has 0 aliphatic heterocycles. The predicted octanol–water partition coefficient (Wildman–Crippen LogP) is 5.24. The van der Waals surface area contributed by atoms with Crippen LogP contribution in [0.5, 0.6) is 0 Å². The maximum Gasteiger partial charge on any atom is 0.316 e. The first-order valence-corrected chi connectivity index (χ1v) is 11.5. The van der Waals surface area contributed by atoms with E-state index < -0.39 is 16.8 Å². The van der Waals surface area contributed by atoms with Crippen LogP contribution in [0.4, 0.5) is 0 Å². The highest BCUT2D eigenvalue weighted by Crippen LogP contribution is 2.11. The van der Waals surface area contributed by atoms with Crippen LogP contribution in [-0.4, -0.2) is 31.7 Å². The van der Waals surface area contributed by atoms with E-state index >= 15 is 0 Å². The molecule has 7 heteroatoms. The minimum Gasteiger partial charge on any atom is -0.481 e. The molecule has 0 amide bonds. The molecule has 6 nitrogen and oxygen atoms in total. The zero-order chi connectivity index (χ0) is 20.3. The summed E-state index contributed by atoms with van der Waals surface area (Å²) in [5.74, 6) is -0.781. The number of carboxylic acids is 1. The highest BCUT2D eigenvalue weighted by Gasteiger charge is 2.07. The number of hydrogen-bond acceptors (Lipinski definition) is 4. The lowest BCUT2D eigenvalue weighted by atomic mass is 10.1. The van der Waals surface area contributed by atoms with Gasteiger partial charge in [-0.05, 0) is 38.2 Å². The molecule has 0 radical (unpaired) electrons. The molecule has 0 rings (SSSR count). The van der Waals surface area contributed by atoms with Crippen LogP contribution in [0.15, 0.2) is 23.9 Å². The molecule has 0 fully saturated rings. The Morgan fingerprint density at radius 1 is 1.00 bits per heavy atom. The van der Waals surface area contributed by atoms with E-state index in [9.17, 15) is 19.1 Å². The smallest absolute Gasteiger partial charge is 0.316 e. The van der Waals surface area contributed by atoms with E-state index in [1.54, 1.807) is 6.08 Å². The maximum atomic E-state index is 11.3. The van der Waals surface area contributed by atoms with Gasteiger partial charge in [-0.25, -0.2) is 0 Å². The summed E-state index contributed by atoms with van der Waals surface area (Å²) in [6, 6.07) is 0. The molecule has 0 spiro atoms. The summed E-state index contributed by atoms with van der Waals surface area (Å²) >= 11 is 0. The third kappa shape index (κ3) is 17.7. The van der Waals surface area contributed by atoms with Crippen LogP contribution in [-0.2, 0) is 15.6 Å². The fourth-order valence-electron chi connectivity index (χ4n) is 2.66. The summed E-state index contributed by atoms with van der Waals surface area (Å²) in [6.45, 7) is 2.12. The topological polar surface area (TPSA) is 97.5 Å². The van der Waals surface area contributed by atoms with Crippen molar-refractivity contribution in [1.29, 1.82) is 0 Å². The number of carbonyl (C=O) groups is 1. The number of aliphatic carboxylic acids is 1. The fraction of sp³-hybridized carbons (Fsp3) is 0.750. The Hall–Kier alpha value is -1.50. The van der Waals surface area contributed by atoms with Crippen LogP contribution in [0, 0.1) is 10.1 Å². The SMILES string of the molecule is CCCCC/C=C(\C/C=C/CCCCCCCCS(=O)CC(=O)O)[N+](=O)[O-]. The molecule has 27 heavy (non-hydrogen) atoms. The maximum absolute atomic E-state index is 11.3. The van der Waals surface area contributed by atoms with Gasteiger partial charge < -0.3 is 5.11 Å². The van der Waals surface area contributed by atoms with Crippen LogP contribution in [0.1, 0.15) is 84.0 Å². The van der Waals surface area contributed by atoms with E-state index in [2.05, 4.69) is 6.92 Å². The Bertz CT molecular complexity index is 503. The van der Waals surface area contributed by atoms with Crippen molar-refractivity contribution in [1.82, 2.24) is 0 Å². The first-order valence-electron chi connectivity index (χ1n) is 10.0. The lowest BCUT2D eigenvalue weighted by molar-refractivity contribution is -0.427. The van der Waals surface area contributed by atoms with Crippen LogP contribution >= 0.6 is 0 Å². The van der Waals surface area contributed by atoms with Gasteiger partial charge in [0, 0.05) is 16.6 Å². The first kappa shape index (κ1) is 25.5. The lowest BCUT2D eigenvalue weighted by Crippen LogP contribution is -2.11. The largest absolute Gasteiger partial charge is 0.481 e. The van der Waals surface area contributed by atoms with Crippen LogP contribution < -0.4 is 0 Å². The molecular formula is C20H35NO5S. The summed E-state index contributed by atoms with van der Waals surface area (Å²) in [7, 11) is -1.24. The first-order chi connectivity index (χ1) is 13.0. The third-order valence-corrected chi connectivity index (χ3v) is 5.51. The van der Waals surface area contributed by atoms with Crippen molar-refractivity contribution in [3.63, 3.8) is 0 Å². The van der Waals surface area contributed by atoms with E-state index in [0.29, 0.717) is 17.9 Å². The number of carboxylic acid groups (broad SMARTS) is 1. The normalized spacial score (nSPS) is 13.1. The monoisotopic (exact) mass is 401 g/mol. The van der Waals surface area contributed by atoms with Crippen molar-refractivity contribution in [3.8, 4) is 0 Å². The standard InChI is InChI=1S/C20H35NO5S/c1-2-3-4-12-15-19(21(24)25)16-13-10-8-6-5-7-9-11-14-17-27(26)18-20(22)23/h10,13,15H,2-9,11-12,14,16-18H2,1H3,(H,22,23)/b13-10+,19-15+. The molecule has 1 N–H and O–H groups in total. The van der Waals surface area contributed by atoms with Crippen molar-refractivity contribution < 1.29 is 19.0 Å². The molecule has 0 heterocycles. The average Bonchev–Trinajstić information content (AvgIpc) is 2.60. The fourth-order valence-corrected chi connectivity index (χ4v) is 3.61. The summed E-state index contributed by atoms with van der Waals surface area (Å²) < 4.78 is 11.3. The number of rotatable bonds is 18. The molecule has 0 aliphatic carbocycles. The Balaban J connectivity index is 3.66. The van der Waals surface area contributed by atoms with Gasteiger partial charge in [-0.3, -0.25) is 19.1 Å². The number of nitro groups is 1. The van der Waals surface area contributed by atoms with Crippen molar-refractivity contribution in [3.05, 3.63) is 34.0 Å².